The molecule has 6 nitrogen and oxygen atoms in total. The minimum absolute atomic E-state index is 0.00948. The van der Waals surface area contributed by atoms with Gasteiger partial charge in [-0.15, -0.1) is 22.7 Å². The third kappa shape index (κ3) is 3.72. The van der Waals surface area contributed by atoms with E-state index in [1.165, 1.54) is 16.2 Å². The second-order valence-electron chi connectivity index (χ2n) is 6.54. The van der Waals surface area contributed by atoms with E-state index < -0.39 is 5.97 Å². The standard InChI is InChI=1S/C19H18N2O4S2/c1-10-5-7-14(26-10)12(22)6-8-16(23)25-9-15-20-18(24)17-11-3-2-4-13(11)27-19(17)21-15/h5,7H,2-4,6,8-9H2,1H3,(H,20,21,24). The van der Waals surface area contributed by atoms with Crippen molar-refractivity contribution in [1.82, 2.24) is 9.97 Å². The molecule has 140 valence electrons. The van der Waals surface area contributed by atoms with Crippen molar-refractivity contribution >= 4 is 44.6 Å². The van der Waals surface area contributed by atoms with Gasteiger partial charge in [0.1, 0.15) is 17.3 Å². The predicted octanol–water partition coefficient (Wildman–Crippen LogP) is 3.55. The first-order valence-electron chi connectivity index (χ1n) is 8.80. The summed E-state index contributed by atoms with van der Waals surface area (Å²) in [6.45, 7) is 1.83. The van der Waals surface area contributed by atoms with Gasteiger partial charge in [-0.2, -0.15) is 0 Å². The number of nitrogens with zero attached hydrogens (tertiary/aromatic N) is 1. The molecule has 0 amide bonds. The molecule has 27 heavy (non-hydrogen) atoms. The smallest absolute Gasteiger partial charge is 0.306 e. The number of thiophene rings is 2. The Morgan fingerprint density at radius 2 is 2.07 bits per heavy atom. The monoisotopic (exact) mass is 402 g/mol. The van der Waals surface area contributed by atoms with Gasteiger partial charge >= 0.3 is 5.97 Å². The summed E-state index contributed by atoms with van der Waals surface area (Å²) in [5, 5.41) is 0.680. The highest BCUT2D eigenvalue weighted by atomic mass is 32.1. The van der Waals surface area contributed by atoms with Crippen LogP contribution in [-0.4, -0.2) is 21.7 Å². The molecule has 0 spiro atoms. The largest absolute Gasteiger partial charge is 0.458 e. The number of H-pyrrole nitrogens is 1. The van der Waals surface area contributed by atoms with Crippen LogP contribution in [0.3, 0.4) is 0 Å². The SMILES string of the molecule is Cc1ccc(C(=O)CCC(=O)OCc2nc3sc4c(c3c(=O)[nH]2)CCC4)s1. The summed E-state index contributed by atoms with van der Waals surface area (Å²) in [5.41, 5.74) is 0.948. The lowest BCUT2D eigenvalue weighted by molar-refractivity contribution is -0.145. The number of rotatable bonds is 6. The van der Waals surface area contributed by atoms with Crippen molar-refractivity contribution in [3.05, 3.63) is 48.5 Å². The lowest BCUT2D eigenvalue weighted by Crippen LogP contribution is -2.14. The summed E-state index contributed by atoms with van der Waals surface area (Å²) < 4.78 is 5.19. The highest BCUT2D eigenvalue weighted by Gasteiger charge is 2.21. The normalized spacial score (nSPS) is 13.1. The van der Waals surface area contributed by atoms with E-state index in [9.17, 15) is 14.4 Å². The van der Waals surface area contributed by atoms with Gasteiger partial charge in [0.15, 0.2) is 5.78 Å². The molecule has 0 radical (unpaired) electrons. The summed E-state index contributed by atoms with van der Waals surface area (Å²) in [6.07, 6.45) is 3.12. The molecule has 3 aromatic heterocycles. The predicted molar refractivity (Wildman–Crippen MR) is 105 cm³/mol. The zero-order valence-corrected chi connectivity index (χ0v) is 16.4. The molecule has 0 bridgehead atoms. The maximum atomic E-state index is 12.4. The van der Waals surface area contributed by atoms with Gasteiger partial charge in [0.2, 0.25) is 0 Å². The second kappa shape index (κ2) is 7.36. The summed E-state index contributed by atoms with van der Waals surface area (Å²) in [6, 6.07) is 3.66. The average molecular weight is 402 g/mol. The van der Waals surface area contributed by atoms with Crippen molar-refractivity contribution < 1.29 is 14.3 Å². The first-order chi connectivity index (χ1) is 13.0. The van der Waals surface area contributed by atoms with Crippen LogP contribution in [-0.2, 0) is 29.0 Å². The number of fused-ring (bicyclic) bond motifs is 3. The number of hydrogen-bond donors (Lipinski definition) is 1. The number of ether oxygens (including phenoxy) is 1. The molecule has 3 heterocycles. The highest BCUT2D eigenvalue weighted by Crippen LogP contribution is 2.34. The van der Waals surface area contributed by atoms with Crippen LogP contribution < -0.4 is 5.56 Å². The van der Waals surface area contributed by atoms with Gasteiger partial charge in [0.05, 0.1) is 16.7 Å². The number of nitrogens with one attached hydrogen (secondary N) is 1. The van der Waals surface area contributed by atoms with Gasteiger partial charge in [-0.25, -0.2) is 4.98 Å². The van der Waals surface area contributed by atoms with E-state index in [1.807, 2.05) is 13.0 Å². The molecule has 4 rings (SSSR count). The van der Waals surface area contributed by atoms with Crippen molar-refractivity contribution in [2.75, 3.05) is 0 Å². The maximum absolute atomic E-state index is 12.4. The molecular formula is C19H18N2O4S2. The van der Waals surface area contributed by atoms with E-state index in [4.69, 9.17) is 4.74 Å². The Labute approximate surface area is 163 Å². The summed E-state index contributed by atoms with van der Waals surface area (Å²) in [7, 11) is 0. The van der Waals surface area contributed by atoms with Crippen molar-refractivity contribution in [2.24, 2.45) is 0 Å². The van der Waals surface area contributed by atoms with Crippen LogP contribution in [0, 0.1) is 6.92 Å². The first-order valence-corrected chi connectivity index (χ1v) is 10.4. The van der Waals surface area contributed by atoms with E-state index in [1.54, 1.807) is 17.4 Å². The fourth-order valence-electron chi connectivity index (χ4n) is 3.26. The lowest BCUT2D eigenvalue weighted by atomic mass is 10.2. The van der Waals surface area contributed by atoms with Crippen LogP contribution in [0.25, 0.3) is 10.2 Å². The minimum atomic E-state index is -0.479. The van der Waals surface area contributed by atoms with E-state index in [0.29, 0.717) is 20.9 Å². The van der Waals surface area contributed by atoms with E-state index in [0.717, 1.165) is 29.7 Å². The number of ketones is 1. The lowest BCUT2D eigenvalue weighted by Gasteiger charge is -2.04. The molecule has 0 aliphatic heterocycles. The van der Waals surface area contributed by atoms with Gasteiger partial charge in [-0.3, -0.25) is 14.4 Å². The van der Waals surface area contributed by atoms with E-state index >= 15 is 0 Å². The second-order valence-corrected chi connectivity index (χ2v) is 8.92. The zero-order chi connectivity index (χ0) is 19.0. The van der Waals surface area contributed by atoms with E-state index in [2.05, 4.69) is 9.97 Å². The Morgan fingerprint density at radius 1 is 1.22 bits per heavy atom. The van der Waals surface area contributed by atoms with Crippen LogP contribution in [0.4, 0.5) is 0 Å². The number of carbonyl (C=O) groups excluding carboxylic acids is 2. The molecule has 0 unspecified atom stereocenters. The van der Waals surface area contributed by atoms with Gasteiger partial charge in [0, 0.05) is 16.2 Å². The molecule has 3 aromatic rings. The molecule has 0 aromatic carbocycles. The Kier molecular flexibility index (Phi) is 4.92. The van der Waals surface area contributed by atoms with Crippen LogP contribution in [0.5, 0.6) is 0 Å². The fraction of sp³-hybridized carbons (Fsp3) is 0.368. The van der Waals surface area contributed by atoms with Gasteiger partial charge in [-0.05, 0) is 43.9 Å². The topological polar surface area (TPSA) is 89.1 Å². The van der Waals surface area contributed by atoms with Crippen molar-refractivity contribution in [2.45, 2.75) is 45.6 Å². The minimum Gasteiger partial charge on any atom is -0.458 e. The van der Waals surface area contributed by atoms with Crippen LogP contribution in [0.15, 0.2) is 16.9 Å². The maximum Gasteiger partial charge on any atom is 0.306 e. The molecule has 8 heteroatoms. The average Bonchev–Trinajstić information content (AvgIpc) is 3.33. The Morgan fingerprint density at radius 3 is 2.85 bits per heavy atom. The fourth-order valence-corrected chi connectivity index (χ4v) is 5.38. The number of esters is 1. The molecular weight excluding hydrogens is 384 g/mol. The van der Waals surface area contributed by atoms with E-state index in [-0.39, 0.29) is 30.8 Å². The van der Waals surface area contributed by atoms with Crippen molar-refractivity contribution in [3.63, 3.8) is 0 Å². The highest BCUT2D eigenvalue weighted by molar-refractivity contribution is 7.18. The first kappa shape index (κ1) is 18.1. The Bertz CT molecular complexity index is 1090. The van der Waals surface area contributed by atoms with Crippen LogP contribution in [0.2, 0.25) is 0 Å². The van der Waals surface area contributed by atoms with Crippen LogP contribution in [0.1, 0.15) is 50.1 Å². The van der Waals surface area contributed by atoms with Crippen molar-refractivity contribution in [1.29, 1.82) is 0 Å². The number of aromatic nitrogens is 2. The summed E-state index contributed by atoms with van der Waals surface area (Å²) >= 11 is 2.97. The van der Waals surface area contributed by atoms with Gasteiger partial charge in [0.25, 0.3) is 5.56 Å². The molecule has 0 atom stereocenters. The molecule has 0 saturated carbocycles. The number of hydrogen-bond acceptors (Lipinski definition) is 7. The van der Waals surface area contributed by atoms with Crippen molar-refractivity contribution in [3.8, 4) is 0 Å². The molecule has 1 aliphatic rings. The molecule has 1 N–H and O–H groups in total. The quantitative estimate of drug-likeness (QED) is 0.503. The third-order valence-electron chi connectivity index (χ3n) is 4.57. The van der Waals surface area contributed by atoms with Gasteiger partial charge in [-0.1, -0.05) is 0 Å². The number of carbonyl (C=O) groups is 2. The Hall–Kier alpha value is -2.32. The summed E-state index contributed by atoms with van der Waals surface area (Å²) in [4.78, 5) is 47.1. The Balaban J connectivity index is 1.36. The number of aromatic amines is 1. The number of aryl methyl sites for hydroxylation is 3. The van der Waals surface area contributed by atoms with Gasteiger partial charge < -0.3 is 9.72 Å². The molecule has 1 aliphatic carbocycles. The third-order valence-corrected chi connectivity index (χ3v) is 6.79. The molecule has 0 fully saturated rings. The molecule has 0 saturated heterocycles. The number of Topliss-reactive ketones (excluding diaryl/α,β-unsaturated/α-hetero) is 1. The zero-order valence-electron chi connectivity index (χ0n) is 14.8. The van der Waals surface area contributed by atoms with Crippen LogP contribution >= 0.6 is 22.7 Å². The summed E-state index contributed by atoms with van der Waals surface area (Å²) in [5.74, 6) is -0.208.